The first-order valence-electron chi connectivity index (χ1n) is 3.93. The molecule has 0 spiro atoms. The second-order valence-electron chi connectivity index (χ2n) is 1.16. The molecular formula is C8H21Cl2N3Ti. The second kappa shape index (κ2) is 49.4. The summed E-state index contributed by atoms with van der Waals surface area (Å²) in [7, 11) is 14.3. The molecule has 0 saturated carbocycles. The molecule has 0 bridgehead atoms. The first-order valence-corrected chi connectivity index (χ1v) is 8.22. The van der Waals surface area contributed by atoms with Crippen LogP contribution in [0.4, 0.5) is 0 Å². The van der Waals surface area contributed by atoms with Crippen LogP contribution in [-0.4, -0.2) is 21.1 Å². The Morgan fingerprint density at radius 1 is 0.857 bits per heavy atom. The summed E-state index contributed by atoms with van der Waals surface area (Å²) in [6.07, 6.45) is 9.50. The molecule has 0 aromatic rings. The molecule has 0 fully saturated rings. The third-order valence-corrected chi connectivity index (χ3v) is 0.655. The van der Waals surface area contributed by atoms with Crippen molar-refractivity contribution in [3.05, 3.63) is 24.3 Å². The van der Waals surface area contributed by atoms with Crippen LogP contribution in [-0.2, 0) is 17.0 Å². The van der Waals surface area contributed by atoms with Crippen LogP contribution in [0.25, 0.3) is 0 Å². The molecule has 1 aliphatic carbocycles. The van der Waals surface area contributed by atoms with Crippen LogP contribution in [0, 0.1) is 0 Å². The molecule has 0 heterocycles. The van der Waals surface area contributed by atoms with Crippen LogP contribution in [0.15, 0.2) is 24.3 Å². The van der Waals surface area contributed by atoms with Gasteiger partial charge in [0.1, 0.15) is 0 Å². The molecule has 86 valence electrons. The Kier molecular flexibility index (Phi) is 84.9. The summed E-state index contributed by atoms with van der Waals surface area (Å²) in [5, 5.41) is 0. The van der Waals surface area contributed by atoms with Crippen molar-refractivity contribution in [3.8, 4) is 0 Å². The van der Waals surface area contributed by atoms with E-state index in [1.165, 1.54) is 21.1 Å². The summed E-state index contributed by atoms with van der Waals surface area (Å²) in [6.45, 7) is 0. The third-order valence-electron chi connectivity index (χ3n) is 0.655. The van der Waals surface area contributed by atoms with Gasteiger partial charge in [-0.15, -0.1) is 0 Å². The average molecular weight is 278 g/mol. The van der Waals surface area contributed by atoms with Crippen LogP contribution >= 0.6 is 18.6 Å². The number of halogens is 2. The van der Waals surface area contributed by atoms with E-state index in [1.807, 2.05) is 0 Å². The van der Waals surface area contributed by atoms with Crippen molar-refractivity contribution < 1.29 is 17.0 Å². The number of allylic oxidation sites excluding steroid dienone is 4. The van der Waals surface area contributed by atoms with Gasteiger partial charge in [-0.3, -0.25) is 0 Å². The Bertz CT molecular complexity index is 90.6. The van der Waals surface area contributed by atoms with Gasteiger partial charge >= 0.3 is 35.6 Å². The Hall–Kier alpha value is 0.654. The minimum atomic E-state index is -0.556. The van der Waals surface area contributed by atoms with E-state index in [9.17, 15) is 0 Å². The molecular weight excluding hydrogens is 257 g/mol. The van der Waals surface area contributed by atoms with E-state index in [-0.39, 0.29) is 0 Å². The Morgan fingerprint density at radius 3 is 1.14 bits per heavy atom. The van der Waals surface area contributed by atoms with E-state index in [1.54, 1.807) is 0 Å². The fourth-order valence-electron chi connectivity index (χ4n) is 0.393. The Balaban J connectivity index is -0.0000000494. The molecule has 6 N–H and O–H groups in total. The van der Waals surface area contributed by atoms with Crippen molar-refractivity contribution in [2.24, 2.45) is 17.2 Å². The molecule has 3 nitrogen and oxygen atoms in total. The molecule has 0 aliphatic heterocycles. The zero-order chi connectivity index (χ0) is 12.2. The molecule has 0 unspecified atom stereocenters. The van der Waals surface area contributed by atoms with E-state index in [4.69, 9.17) is 18.6 Å². The van der Waals surface area contributed by atoms with Gasteiger partial charge in [-0.1, -0.05) is 24.3 Å². The van der Waals surface area contributed by atoms with E-state index >= 15 is 0 Å². The van der Waals surface area contributed by atoms with Gasteiger partial charge in [0.15, 0.2) is 0 Å². The van der Waals surface area contributed by atoms with Gasteiger partial charge in [0.2, 0.25) is 0 Å². The van der Waals surface area contributed by atoms with Gasteiger partial charge < -0.3 is 17.2 Å². The van der Waals surface area contributed by atoms with Gasteiger partial charge in [0, 0.05) is 0 Å². The van der Waals surface area contributed by atoms with Crippen LogP contribution in [0.1, 0.15) is 6.42 Å². The standard InChI is InChI=1S/C5H6.3CH5N.2ClH.Ti/c1-2-4-5-3-1;3*1-2;;;/h1-4H,5H2;3*2H2,1H3;2*1H;/q;;;;;;+2/p-2. The van der Waals surface area contributed by atoms with E-state index in [0.717, 1.165) is 6.42 Å². The molecule has 0 saturated heterocycles. The Labute approximate surface area is 104 Å². The predicted molar refractivity (Wildman–Crippen MR) is 64.9 cm³/mol. The van der Waals surface area contributed by atoms with E-state index in [2.05, 4.69) is 41.5 Å². The predicted octanol–water partition coefficient (Wildman–Crippen LogP) is 1.60. The van der Waals surface area contributed by atoms with Crippen molar-refractivity contribution >= 4 is 18.6 Å². The first kappa shape index (κ1) is 24.1. The molecule has 0 amide bonds. The maximum absolute atomic E-state index is 4.89. The number of nitrogens with two attached hydrogens (primary N) is 3. The van der Waals surface area contributed by atoms with E-state index in [0.29, 0.717) is 0 Å². The van der Waals surface area contributed by atoms with Crippen molar-refractivity contribution in [2.75, 3.05) is 21.1 Å². The molecule has 1 rings (SSSR count). The van der Waals surface area contributed by atoms with E-state index < -0.39 is 17.0 Å². The summed E-state index contributed by atoms with van der Waals surface area (Å²) in [6, 6.07) is 0. The van der Waals surface area contributed by atoms with Crippen LogP contribution < -0.4 is 17.2 Å². The number of rotatable bonds is 0. The fraction of sp³-hybridized carbons (Fsp3) is 0.500. The molecule has 0 aromatic heterocycles. The van der Waals surface area contributed by atoms with Crippen LogP contribution in [0.5, 0.6) is 0 Å². The normalized spacial score (nSPS) is 8.57. The summed E-state index contributed by atoms with van der Waals surface area (Å²) in [4.78, 5) is 0. The van der Waals surface area contributed by atoms with Crippen LogP contribution in [0.3, 0.4) is 0 Å². The van der Waals surface area contributed by atoms with Crippen molar-refractivity contribution in [2.45, 2.75) is 6.42 Å². The van der Waals surface area contributed by atoms with Crippen LogP contribution in [0.2, 0.25) is 0 Å². The van der Waals surface area contributed by atoms with Gasteiger partial charge in [-0.25, -0.2) is 0 Å². The second-order valence-corrected chi connectivity index (χ2v) is 3.74. The molecule has 0 aromatic carbocycles. The number of hydrogen-bond donors (Lipinski definition) is 3. The number of hydrogen-bond acceptors (Lipinski definition) is 3. The minimum absolute atomic E-state index is 0.556. The fourth-order valence-corrected chi connectivity index (χ4v) is 0.393. The molecule has 0 radical (unpaired) electrons. The molecule has 1 aliphatic rings. The van der Waals surface area contributed by atoms with Gasteiger partial charge in [-0.05, 0) is 27.6 Å². The topological polar surface area (TPSA) is 78.1 Å². The summed E-state index contributed by atoms with van der Waals surface area (Å²) in [5.74, 6) is 0. The van der Waals surface area contributed by atoms with Crippen molar-refractivity contribution in [1.29, 1.82) is 0 Å². The quantitative estimate of drug-likeness (QED) is 0.589. The monoisotopic (exact) mass is 277 g/mol. The maximum atomic E-state index is 4.89. The summed E-state index contributed by atoms with van der Waals surface area (Å²) >= 11 is -0.556. The first-order chi connectivity index (χ1) is 6.91. The summed E-state index contributed by atoms with van der Waals surface area (Å²) in [5.41, 5.74) is 13.5. The SMILES string of the molecule is C1=CCC=C1.CN.CN.CN.[Cl][Ti][Cl]. The van der Waals surface area contributed by atoms with Crippen molar-refractivity contribution in [1.82, 2.24) is 0 Å². The Morgan fingerprint density at radius 2 is 1.07 bits per heavy atom. The third kappa shape index (κ3) is 53.8. The zero-order valence-corrected chi connectivity index (χ0v) is 12.1. The molecule has 6 heteroatoms. The average Bonchev–Trinajstić information content (AvgIpc) is 2.85. The molecule has 14 heavy (non-hydrogen) atoms. The van der Waals surface area contributed by atoms with Gasteiger partial charge in [-0.2, -0.15) is 0 Å². The van der Waals surface area contributed by atoms with Gasteiger partial charge in [0.05, 0.1) is 0 Å². The van der Waals surface area contributed by atoms with Gasteiger partial charge in [0.25, 0.3) is 0 Å². The zero-order valence-electron chi connectivity index (χ0n) is 9.00. The van der Waals surface area contributed by atoms with Crippen molar-refractivity contribution in [3.63, 3.8) is 0 Å². The molecule has 0 atom stereocenters. The summed E-state index contributed by atoms with van der Waals surface area (Å²) < 4.78 is 0.